The molecule has 1 aliphatic carbocycles. The third kappa shape index (κ3) is 4.14. The van der Waals surface area contributed by atoms with Crippen LogP contribution in [0.5, 0.6) is 5.75 Å². The van der Waals surface area contributed by atoms with Crippen molar-refractivity contribution in [3.63, 3.8) is 0 Å². The Kier molecular flexibility index (Phi) is 5.79. The summed E-state index contributed by atoms with van der Waals surface area (Å²) in [4.78, 5) is 29.8. The van der Waals surface area contributed by atoms with Crippen LogP contribution < -0.4 is 15.8 Å². The lowest BCUT2D eigenvalue weighted by atomic mass is 9.85. The van der Waals surface area contributed by atoms with Gasteiger partial charge >= 0.3 is 0 Å². The topological polar surface area (TPSA) is 121 Å². The molecule has 0 bridgehead atoms. The van der Waals surface area contributed by atoms with Gasteiger partial charge in [-0.15, -0.1) is 0 Å². The summed E-state index contributed by atoms with van der Waals surface area (Å²) < 4.78 is 21.4. The van der Waals surface area contributed by atoms with Crippen LogP contribution in [0.15, 0.2) is 49.1 Å². The van der Waals surface area contributed by atoms with E-state index >= 15 is 0 Å². The Morgan fingerprint density at radius 3 is 2.79 bits per heavy atom. The van der Waals surface area contributed by atoms with Crippen LogP contribution in [0.4, 0.5) is 15.9 Å². The number of ether oxygens (including phenoxy) is 1. The number of benzene rings is 1. The Labute approximate surface area is 195 Å². The number of anilines is 2. The first-order valence-electron chi connectivity index (χ1n) is 11.1. The van der Waals surface area contributed by atoms with Gasteiger partial charge in [-0.1, -0.05) is 6.07 Å². The molecule has 9 nitrogen and oxygen atoms in total. The molecule has 1 fully saturated rings. The van der Waals surface area contributed by atoms with Crippen LogP contribution >= 0.6 is 0 Å². The van der Waals surface area contributed by atoms with Crippen LogP contribution in [-0.4, -0.2) is 37.5 Å². The second-order valence-electron chi connectivity index (χ2n) is 8.34. The number of fused-ring (bicyclic) bond motifs is 1. The number of nitrogen functional groups attached to an aromatic ring is 1. The minimum atomic E-state index is -0.519. The summed E-state index contributed by atoms with van der Waals surface area (Å²) in [5, 5.41) is 2.99. The van der Waals surface area contributed by atoms with Crippen molar-refractivity contribution in [2.45, 2.75) is 31.7 Å². The van der Waals surface area contributed by atoms with Crippen molar-refractivity contribution in [1.82, 2.24) is 24.5 Å². The molecule has 34 heavy (non-hydrogen) atoms. The molecule has 0 saturated heterocycles. The zero-order valence-corrected chi connectivity index (χ0v) is 18.6. The zero-order valence-electron chi connectivity index (χ0n) is 18.6. The number of rotatable bonds is 5. The molecule has 1 aliphatic rings. The van der Waals surface area contributed by atoms with Crippen LogP contribution in [0.25, 0.3) is 22.6 Å². The van der Waals surface area contributed by atoms with Crippen molar-refractivity contribution in [1.29, 1.82) is 0 Å². The number of amides is 1. The first-order valence-corrected chi connectivity index (χ1v) is 11.1. The van der Waals surface area contributed by atoms with E-state index in [0.717, 1.165) is 37.6 Å². The molecule has 3 heterocycles. The highest BCUT2D eigenvalue weighted by Crippen LogP contribution is 2.35. The van der Waals surface area contributed by atoms with Gasteiger partial charge in [0.05, 0.1) is 25.2 Å². The monoisotopic (exact) mass is 461 g/mol. The molecule has 0 radical (unpaired) electrons. The maximum Gasteiger partial charge on any atom is 0.227 e. The predicted octanol–water partition coefficient (Wildman–Crippen LogP) is 3.99. The number of nitrogens with two attached hydrogens (primary N) is 1. The van der Waals surface area contributed by atoms with Crippen LogP contribution in [-0.2, 0) is 4.79 Å². The maximum absolute atomic E-state index is 14.3. The summed E-state index contributed by atoms with van der Waals surface area (Å²) in [6.45, 7) is 0. The molecule has 3 aromatic heterocycles. The van der Waals surface area contributed by atoms with Gasteiger partial charge in [0, 0.05) is 29.9 Å². The second kappa shape index (κ2) is 9.05. The highest BCUT2D eigenvalue weighted by atomic mass is 19.1. The number of methoxy groups -OCH3 is 1. The Bertz CT molecular complexity index is 1350. The van der Waals surface area contributed by atoms with E-state index in [1.807, 2.05) is 22.8 Å². The molecule has 174 valence electrons. The van der Waals surface area contributed by atoms with E-state index in [1.54, 1.807) is 19.5 Å². The molecule has 3 N–H and O–H groups in total. The van der Waals surface area contributed by atoms with Gasteiger partial charge in [0.25, 0.3) is 0 Å². The number of aromatic nitrogens is 5. The highest BCUT2D eigenvalue weighted by Gasteiger charge is 2.29. The minimum absolute atomic E-state index is 0.00390. The Morgan fingerprint density at radius 1 is 1.21 bits per heavy atom. The quantitative estimate of drug-likeness (QED) is 0.461. The Balaban J connectivity index is 1.33. The molecular formula is C24H24FN7O2. The number of nitrogens with zero attached hydrogens (tertiary/aromatic N) is 5. The first-order chi connectivity index (χ1) is 16.5. The Hall–Kier alpha value is -4.08. The molecule has 0 aliphatic heterocycles. The molecule has 0 unspecified atom stereocenters. The van der Waals surface area contributed by atoms with E-state index in [9.17, 15) is 9.18 Å². The van der Waals surface area contributed by atoms with Gasteiger partial charge < -0.3 is 20.4 Å². The maximum atomic E-state index is 14.3. The summed E-state index contributed by atoms with van der Waals surface area (Å²) in [6.07, 6.45) is 7.32. The standard InChI is InChI=1S/C24H24FN7O2/c1-34-17-4-2-3-15(11-17)29-24(33)14-5-7-16(8-6-14)32-13-28-20-21(26)30-22(31-23(20)32)18-9-10-27-12-19(18)25/h2-4,9-14,16H,5-8H2,1H3,(H,29,33)(H2,26,30,31)/t14-,16+. The molecule has 1 amide bonds. The molecule has 1 saturated carbocycles. The first kappa shape index (κ1) is 21.7. The van der Waals surface area contributed by atoms with Gasteiger partial charge in [-0.05, 0) is 43.9 Å². The lowest BCUT2D eigenvalue weighted by Gasteiger charge is -2.28. The van der Waals surface area contributed by atoms with Crippen LogP contribution in [0.2, 0.25) is 0 Å². The Morgan fingerprint density at radius 2 is 2.03 bits per heavy atom. The van der Waals surface area contributed by atoms with Gasteiger partial charge in [-0.3, -0.25) is 9.78 Å². The number of carbonyl (C=O) groups excluding carboxylic acids is 1. The van der Waals surface area contributed by atoms with Gasteiger partial charge in [0.15, 0.2) is 23.1 Å². The lowest BCUT2D eigenvalue weighted by molar-refractivity contribution is -0.120. The average Bonchev–Trinajstić information content (AvgIpc) is 3.29. The molecule has 0 atom stereocenters. The van der Waals surface area contributed by atoms with Crippen LogP contribution in [0, 0.1) is 11.7 Å². The summed E-state index contributed by atoms with van der Waals surface area (Å²) in [5.74, 6) is 0.484. The second-order valence-corrected chi connectivity index (χ2v) is 8.34. The largest absolute Gasteiger partial charge is 0.497 e. The number of imidazole rings is 1. The van der Waals surface area contributed by atoms with Crippen LogP contribution in [0.1, 0.15) is 31.7 Å². The van der Waals surface area contributed by atoms with E-state index in [4.69, 9.17) is 10.5 Å². The number of halogens is 1. The molecule has 10 heteroatoms. The van der Waals surface area contributed by atoms with Gasteiger partial charge in [0.2, 0.25) is 5.91 Å². The fraction of sp³-hybridized carbons (Fsp3) is 0.292. The molecular weight excluding hydrogens is 437 g/mol. The van der Waals surface area contributed by atoms with E-state index in [1.165, 1.54) is 12.3 Å². The smallest absolute Gasteiger partial charge is 0.227 e. The summed E-state index contributed by atoms with van der Waals surface area (Å²) in [6, 6.07) is 8.94. The minimum Gasteiger partial charge on any atom is -0.497 e. The van der Waals surface area contributed by atoms with Crippen molar-refractivity contribution in [2.75, 3.05) is 18.2 Å². The molecule has 0 spiro atoms. The fourth-order valence-electron chi connectivity index (χ4n) is 4.44. The summed E-state index contributed by atoms with van der Waals surface area (Å²) in [5.41, 5.74) is 8.11. The molecule has 1 aromatic carbocycles. The zero-order chi connectivity index (χ0) is 23.7. The average molecular weight is 462 g/mol. The third-order valence-electron chi connectivity index (χ3n) is 6.26. The number of pyridine rings is 1. The predicted molar refractivity (Wildman–Crippen MR) is 126 cm³/mol. The van der Waals surface area contributed by atoms with Gasteiger partial charge in [-0.25, -0.2) is 19.3 Å². The van der Waals surface area contributed by atoms with Crippen LogP contribution in [0.3, 0.4) is 0 Å². The van der Waals surface area contributed by atoms with Crippen molar-refractivity contribution < 1.29 is 13.9 Å². The van der Waals surface area contributed by atoms with E-state index in [0.29, 0.717) is 16.9 Å². The summed E-state index contributed by atoms with van der Waals surface area (Å²) >= 11 is 0. The molecule has 4 aromatic rings. The van der Waals surface area contributed by atoms with Crippen molar-refractivity contribution >= 4 is 28.6 Å². The summed E-state index contributed by atoms with van der Waals surface area (Å²) in [7, 11) is 1.59. The van der Waals surface area contributed by atoms with Gasteiger partial charge in [-0.2, -0.15) is 0 Å². The van der Waals surface area contributed by atoms with E-state index < -0.39 is 5.82 Å². The third-order valence-corrected chi connectivity index (χ3v) is 6.26. The number of carbonyl (C=O) groups is 1. The number of hydrogen-bond donors (Lipinski definition) is 2. The lowest BCUT2D eigenvalue weighted by Crippen LogP contribution is -2.28. The number of hydrogen-bond acceptors (Lipinski definition) is 7. The SMILES string of the molecule is COc1cccc(NC(=O)[C@H]2CC[C@@H](n3cnc4c(N)nc(-c5ccncc5F)nc43)CC2)c1. The number of nitrogens with one attached hydrogen (secondary N) is 1. The molecule has 5 rings (SSSR count). The normalized spacial score (nSPS) is 18.1. The van der Waals surface area contributed by atoms with Crippen molar-refractivity contribution in [3.05, 3.63) is 54.9 Å². The van der Waals surface area contributed by atoms with Crippen molar-refractivity contribution in [3.8, 4) is 17.1 Å². The fourth-order valence-corrected chi connectivity index (χ4v) is 4.44. The van der Waals surface area contributed by atoms with Gasteiger partial charge in [0.1, 0.15) is 11.3 Å². The van der Waals surface area contributed by atoms with Crippen molar-refractivity contribution in [2.24, 2.45) is 5.92 Å². The van der Waals surface area contributed by atoms with E-state index in [2.05, 4.69) is 25.3 Å². The highest BCUT2D eigenvalue weighted by molar-refractivity contribution is 5.92. The van der Waals surface area contributed by atoms with E-state index in [-0.39, 0.29) is 35.1 Å².